The van der Waals surface area contributed by atoms with E-state index in [1.165, 1.54) is 19.4 Å². The van der Waals surface area contributed by atoms with Crippen molar-refractivity contribution in [2.75, 3.05) is 19.6 Å². The van der Waals surface area contributed by atoms with Gasteiger partial charge in [-0.1, -0.05) is 0 Å². The number of piperidine rings is 3. The number of aliphatic hydroxyl groups excluding tert-OH is 1. The maximum absolute atomic E-state index is 8.96. The number of hydrogen-bond donors (Lipinski definition) is 2. The fourth-order valence-corrected chi connectivity index (χ4v) is 3.50. The van der Waals surface area contributed by atoms with Crippen molar-refractivity contribution in [1.82, 2.24) is 10.2 Å². The molecule has 0 spiro atoms. The van der Waals surface area contributed by atoms with Crippen LogP contribution in [0.1, 0.15) is 24.4 Å². The monoisotopic (exact) mass is 274 g/mol. The average molecular weight is 274 g/mol. The lowest BCUT2D eigenvalue weighted by molar-refractivity contribution is 0.0226. The van der Waals surface area contributed by atoms with E-state index in [1.807, 2.05) is 12.1 Å². The molecule has 3 saturated heterocycles. The van der Waals surface area contributed by atoms with Gasteiger partial charge in [0.05, 0.1) is 6.54 Å². The summed E-state index contributed by atoms with van der Waals surface area (Å²) >= 11 is 0. The van der Waals surface area contributed by atoms with Crippen molar-refractivity contribution in [1.29, 1.82) is 0 Å². The summed E-state index contributed by atoms with van der Waals surface area (Å²) in [4.78, 5) is 2.53. The molecule has 4 rings (SSSR count). The average Bonchev–Trinajstić information content (AvgIpc) is 2.96. The van der Waals surface area contributed by atoms with Crippen molar-refractivity contribution in [3.8, 4) is 12.3 Å². The molecule has 0 saturated carbocycles. The van der Waals surface area contributed by atoms with Crippen LogP contribution in [-0.2, 0) is 13.2 Å². The highest BCUT2D eigenvalue weighted by molar-refractivity contribution is 5.07. The fourth-order valence-electron chi connectivity index (χ4n) is 3.50. The van der Waals surface area contributed by atoms with Gasteiger partial charge in [-0.25, -0.2) is 0 Å². The van der Waals surface area contributed by atoms with Crippen molar-refractivity contribution in [2.45, 2.75) is 32.0 Å². The molecule has 1 aromatic rings. The van der Waals surface area contributed by atoms with E-state index in [1.54, 1.807) is 0 Å². The number of fused-ring (bicyclic) bond motifs is 3. The van der Waals surface area contributed by atoms with Gasteiger partial charge in [0.1, 0.15) is 18.1 Å². The minimum atomic E-state index is -0.0362. The molecule has 2 bridgehead atoms. The molecule has 0 aliphatic carbocycles. The lowest BCUT2D eigenvalue weighted by Crippen LogP contribution is -2.55. The Morgan fingerprint density at radius 3 is 2.95 bits per heavy atom. The second-order valence-electron chi connectivity index (χ2n) is 5.86. The van der Waals surface area contributed by atoms with Crippen LogP contribution in [0.25, 0.3) is 0 Å². The Morgan fingerprint density at radius 2 is 2.30 bits per heavy atom. The van der Waals surface area contributed by atoms with E-state index in [-0.39, 0.29) is 6.61 Å². The van der Waals surface area contributed by atoms with E-state index in [9.17, 15) is 0 Å². The summed E-state index contributed by atoms with van der Waals surface area (Å²) in [7, 11) is 0. The summed E-state index contributed by atoms with van der Waals surface area (Å²) in [5.41, 5.74) is 0. The van der Waals surface area contributed by atoms with Crippen LogP contribution >= 0.6 is 0 Å². The first-order valence-corrected chi connectivity index (χ1v) is 7.39. The third-order valence-corrected chi connectivity index (χ3v) is 4.64. The third-order valence-electron chi connectivity index (χ3n) is 4.64. The quantitative estimate of drug-likeness (QED) is 0.792. The molecule has 4 heterocycles. The molecule has 4 nitrogen and oxygen atoms in total. The zero-order valence-corrected chi connectivity index (χ0v) is 11.7. The Bertz CT molecular complexity index is 491. The highest BCUT2D eigenvalue weighted by Crippen LogP contribution is 2.35. The number of nitrogens with one attached hydrogen (secondary N) is 1. The van der Waals surface area contributed by atoms with Crippen LogP contribution in [0.15, 0.2) is 16.5 Å². The summed E-state index contributed by atoms with van der Waals surface area (Å²) in [6.07, 6.45) is 8.07. The van der Waals surface area contributed by atoms with Crippen molar-refractivity contribution < 1.29 is 9.52 Å². The normalized spacial score (nSPS) is 32.2. The van der Waals surface area contributed by atoms with Gasteiger partial charge in [-0.15, -0.1) is 12.3 Å². The predicted molar refractivity (Wildman–Crippen MR) is 76.7 cm³/mol. The molecule has 20 heavy (non-hydrogen) atoms. The summed E-state index contributed by atoms with van der Waals surface area (Å²) in [6.45, 7) is 3.90. The molecule has 3 aliphatic heterocycles. The maximum atomic E-state index is 8.96. The summed E-state index contributed by atoms with van der Waals surface area (Å²) in [5.74, 6) is 5.62. The van der Waals surface area contributed by atoms with Crippen LogP contribution in [0, 0.1) is 24.2 Å². The molecule has 1 unspecified atom stereocenters. The minimum Gasteiger partial charge on any atom is -0.462 e. The van der Waals surface area contributed by atoms with Crippen molar-refractivity contribution >= 4 is 0 Å². The van der Waals surface area contributed by atoms with Crippen molar-refractivity contribution in [3.63, 3.8) is 0 Å². The van der Waals surface area contributed by atoms with Crippen LogP contribution in [-0.4, -0.2) is 35.7 Å². The van der Waals surface area contributed by atoms with Crippen LogP contribution in [0.3, 0.4) is 0 Å². The van der Waals surface area contributed by atoms with Gasteiger partial charge in [-0.05, 0) is 37.4 Å². The van der Waals surface area contributed by atoms with Gasteiger partial charge in [0.15, 0.2) is 0 Å². The Hall–Kier alpha value is -1.28. The molecule has 0 radical (unpaired) electrons. The molecule has 0 aromatic carbocycles. The smallest absolute Gasteiger partial charge is 0.129 e. The second kappa shape index (κ2) is 6.01. The van der Waals surface area contributed by atoms with E-state index < -0.39 is 0 Å². The van der Waals surface area contributed by atoms with Crippen LogP contribution in [0.4, 0.5) is 0 Å². The molecule has 1 aromatic heterocycles. The van der Waals surface area contributed by atoms with E-state index in [2.05, 4.69) is 16.1 Å². The SMILES string of the molecule is C#C[C@H]1CN2CC[C@H]1C[C@@H]2CNCc1ccc(CO)o1. The summed E-state index contributed by atoms with van der Waals surface area (Å²) < 4.78 is 5.47. The first kappa shape index (κ1) is 13.7. The van der Waals surface area contributed by atoms with Gasteiger partial charge in [-0.2, -0.15) is 0 Å². The number of hydrogen-bond acceptors (Lipinski definition) is 4. The van der Waals surface area contributed by atoms with Crippen LogP contribution in [0.5, 0.6) is 0 Å². The zero-order valence-electron chi connectivity index (χ0n) is 11.7. The van der Waals surface area contributed by atoms with Crippen molar-refractivity contribution in [3.05, 3.63) is 23.7 Å². The van der Waals surface area contributed by atoms with Crippen LogP contribution < -0.4 is 5.32 Å². The highest BCUT2D eigenvalue weighted by atomic mass is 16.4. The molecule has 4 heteroatoms. The largest absolute Gasteiger partial charge is 0.462 e. The fraction of sp³-hybridized carbons (Fsp3) is 0.625. The van der Waals surface area contributed by atoms with Gasteiger partial charge < -0.3 is 14.8 Å². The molecule has 108 valence electrons. The Balaban J connectivity index is 1.47. The third kappa shape index (κ3) is 2.76. The van der Waals surface area contributed by atoms with Gasteiger partial charge in [-0.3, -0.25) is 4.90 Å². The molecule has 2 N–H and O–H groups in total. The standard InChI is InChI=1S/C16H22N2O2/c1-2-12-10-18-6-5-13(12)7-14(18)8-17-9-15-3-4-16(11-19)20-15/h1,3-4,12-14,17,19H,5-11H2/t12-,13-,14+/m0/s1. The first-order valence-electron chi connectivity index (χ1n) is 7.39. The van der Waals surface area contributed by atoms with Crippen LogP contribution in [0.2, 0.25) is 0 Å². The minimum absolute atomic E-state index is 0.0362. The maximum Gasteiger partial charge on any atom is 0.129 e. The molecular formula is C16H22N2O2. The van der Waals surface area contributed by atoms with Gasteiger partial charge in [0.25, 0.3) is 0 Å². The Kier molecular flexibility index (Phi) is 4.11. The molecule has 3 aliphatic rings. The first-order chi connectivity index (χ1) is 9.80. The molecule has 3 fully saturated rings. The van der Waals surface area contributed by atoms with Gasteiger partial charge >= 0.3 is 0 Å². The molecule has 4 atom stereocenters. The highest BCUT2D eigenvalue weighted by Gasteiger charge is 2.38. The predicted octanol–water partition coefficient (Wildman–Crippen LogP) is 1.21. The van der Waals surface area contributed by atoms with E-state index in [0.717, 1.165) is 18.8 Å². The number of furan rings is 1. The number of aliphatic hydroxyl groups is 1. The number of terminal acetylenes is 1. The van der Waals surface area contributed by atoms with E-state index in [4.69, 9.17) is 15.9 Å². The van der Waals surface area contributed by atoms with Crippen molar-refractivity contribution in [2.24, 2.45) is 11.8 Å². The zero-order chi connectivity index (χ0) is 13.9. The lowest BCUT2D eigenvalue weighted by atomic mass is 9.76. The summed E-state index contributed by atoms with van der Waals surface area (Å²) in [5, 5.41) is 12.4. The molecular weight excluding hydrogens is 252 g/mol. The summed E-state index contributed by atoms with van der Waals surface area (Å²) in [6, 6.07) is 4.34. The number of nitrogens with zero attached hydrogens (tertiary/aromatic N) is 1. The number of rotatable bonds is 5. The molecule has 0 amide bonds. The van der Waals surface area contributed by atoms with E-state index in [0.29, 0.717) is 30.2 Å². The van der Waals surface area contributed by atoms with E-state index >= 15 is 0 Å². The Labute approximate surface area is 120 Å². The van der Waals surface area contributed by atoms with Gasteiger partial charge in [0, 0.05) is 25.0 Å². The Morgan fingerprint density at radius 1 is 1.45 bits per heavy atom. The lowest BCUT2D eigenvalue weighted by Gasteiger charge is -2.48. The second-order valence-corrected chi connectivity index (χ2v) is 5.86. The van der Waals surface area contributed by atoms with Gasteiger partial charge in [0.2, 0.25) is 0 Å². The topological polar surface area (TPSA) is 48.6 Å².